The maximum Gasteiger partial charge on any atom is 0.416 e. The second kappa shape index (κ2) is 7.00. The molecule has 1 N–H and O–H groups in total. The van der Waals surface area contributed by atoms with E-state index in [2.05, 4.69) is 5.32 Å². The summed E-state index contributed by atoms with van der Waals surface area (Å²) in [6.45, 7) is 3.75. The second-order valence-corrected chi connectivity index (χ2v) is 5.15. The Morgan fingerprint density at radius 3 is 2.36 bits per heavy atom. The summed E-state index contributed by atoms with van der Waals surface area (Å²) in [6, 6.07) is 4.13. The molecule has 1 aliphatic heterocycles. The Morgan fingerprint density at radius 2 is 1.86 bits per heavy atom. The van der Waals surface area contributed by atoms with E-state index in [9.17, 15) is 18.0 Å². The van der Waals surface area contributed by atoms with Gasteiger partial charge in [-0.15, -0.1) is 0 Å². The van der Waals surface area contributed by atoms with E-state index < -0.39 is 11.7 Å². The van der Waals surface area contributed by atoms with E-state index in [1.807, 2.05) is 6.92 Å². The Kier molecular flexibility index (Phi) is 5.28. The van der Waals surface area contributed by atoms with Crippen LogP contribution in [-0.4, -0.2) is 36.7 Å². The largest absolute Gasteiger partial charge is 0.416 e. The van der Waals surface area contributed by atoms with E-state index in [1.165, 1.54) is 12.1 Å². The normalized spacial score (nSPS) is 16.6. The Balaban J connectivity index is 1.87. The van der Waals surface area contributed by atoms with Crippen molar-refractivity contribution in [3.05, 3.63) is 29.8 Å². The van der Waals surface area contributed by atoms with Crippen molar-refractivity contribution in [1.82, 2.24) is 4.90 Å². The lowest BCUT2D eigenvalue weighted by atomic mass is 10.1. The van der Waals surface area contributed by atoms with Gasteiger partial charge in [-0.1, -0.05) is 0 Å². The Bertz CT molecular complexity index is 495. The maximum atomic E-state index is 12.5. The molecule has 22 heavy (non-hydrogen) atoms. The molecule has 0 bridgehead atoms. The number of amides is 2. The number of halogens is 3. The smallest absolute Gasteiger partial charge is 0.378 e. The van der Waals surface area contributed by atoms with Crippen LogP contribution in [0.5, 0.6) is 0 Å². The van der Waals surface area contributed by atoms with Gasteiger partial charge in [0.15, 0.2) is 0 Å². The van der Waals surface area contributed by atoms with E-state index >= 15 is 0 Å². The molecule has 0 aromatic heterocycles. The first kappa shape index (κ1) is 16.6. The topological polar surface area (TPSA) is 41.6 Å². The molecule has 0 radical (unpaired) electrons. The number of nitrogens with zero attached hydrogens (tertiary/aromatic N) is 1. The highest BCUT2D eigenvalue weighted by Gasteiger charge is 2.30. The van der Waals surface area contributed by atoms with Gasteiger partial charge >= 0.3 is 12.2 Å². The van der Waals surface area contributed by atoms with Crippen LogP contribution in [0.3, 0.4) is 0 Å². The van der Waals surface area contributed by atoms with Gasteiger partial charge in [0.05, 0.1) is 11.7 Å². The average Bonchev–Trinajstić information content (AvgIpc) is 2.48. The molecule has 1 saturated heterocycles. The number of hydrogen-bond donors (Lipinski definition) is 1. The van der Waals surface area contributed by atoms with Crippen molar-refractivity contribution in [2.45, 2.75) is 32.0 Å². The SMILES string of the molecule is CCOC1CCN(C(=O)Nc2ccc(C(F)(F)F)cc2)CC1. The molecule has 2 rings (SSSR count). The molecule has 1 aromatic carbocycles. The summed E-state index contributed by atoms with van der Waals surface area (Å²) in [5, 5.41) is 2.62. The predicted molar refractivity (Wildman–Crippen MR) is 76.7 cm³/mol. The van der Waals surface area contributed by atoms with E-state index in [0.717, 1.165) is 25.0 Å². The zero-order valence-electron chi connectivity index (χ0n) is 12.3. The fourth-order valence-corrected chi connectivity index (χ4v) is 2.41. The summed E-state index contributed by atoms with van der Waals surface area (Å²) in [5.41, 5.74) is -0.382. The molecule has 7 heteroatoms. The minimum absolute atomic E-state index is 0.181. The number of carbonyl (C=O) groups excluding carboxylic acids is 1. The van der Waals surface area contributed by atoms with Crippen molar-refractivity contribution in [3.63, 3.8) is 0 Å². The number of benzene rings is 1. The van der Waals surface area contributed by atoms with E-state index in [0.29, 0.717) is 25.4 Å². The van der Waals surface area contributed by atoms with Gasteiger partial charge in [-0.25, -0.2) is 4.79 Å². The number of anilines is 1. The maximum absolute atomic E-state index is 12.5. The van der Waals surface area contributed by atoms with Gasteiger partial charge in [0.1, 0.15) is 0 Å². The summed E-state index contributed by atoms with van der Waals surface area (Å²) in [5.74, 6) is 0. The molecule has 1 aliphatic rings. The fraction of sp³-hybridized carbons (Fsp3) is 0.533. The van der Waals surface area contributed by atoms with Crippen LogP contribution >= 0.6 is 0 Å². The first-order valence-corrected chi connectivity index (χ1v) is 7.25. The van der Waals surface area contributed by atoms with E-state index in [1.54, 1.807) is 4.90 Å². The quantitative estimate of drug-likeness (QED) is 0.923. The Labute approximate surface area is 127 Å². The van der Waals surface area contributed by atoms with Gasteiger partial charge in [0, 0.05) is 25.4 Å². The summed E-state index contributed by atoms with van der Waals surface area (Å²) >= 11 is 0. The van der Waals surface area contributed by atoms with Crippen LogP contribution in [0.1, 0.15) is 25.3 Å². The minimum Gasteiger partial charge on any atom is -0.378 e. The lowest BCUT2D eigenvalue weighted by Crippen LogP contribution is -2.43. The van der Waals surface area contributed by atoms with E-state index in [-0.39, 0.29) is 12.1 Å². The molecule has 2 amide bonds. The summed E-state index contributed by atoms with van der Waals surface area (Å²) in [4.78, 5) is 13.7. The van der Waals surface area contributed by atoms with Crippen molar-refractivity contribution in [3.8, 4) is 0 Å². The number of urea groups is 1. The summed E-state index contributed by atoms with van der Waals surface area (Å²) in [6.07, 6.45) is -2.65. The molecule has 0 aliphatic carbocycles. The standard InChI is InChI=1S/C15H19F3N2O2/c1-2-22-13-7-9-20(10-8-13)14(21)19-12-5-3-11(4-6-12)15(16,17)18/h3-6,13H,2,7-10H2,1H3,(H,19,21). The zero-order chi connectivity index (χ0) is 16.2. The number of hydrogen-bond acceptors (Lipinski definition) is 2. The molecule has 1 aromatic rings. The fourth-order valence-electron chi connectivity index (χ4n) is 2.41. The molecule has 1 fully saturated rings. The van der Waals surface area contributed by atoms with Crippen LogP contribution in [-0.2, 0) is 10.9 Å². The van der Waals surface area contributed by atoms with Gasteiger partial charge in [0.25, 0.3) is 0 Å². The molecule has 0 atom stereocenters. The second-order valence-electron chi connectivity index (χ2n) is 5.15. The van der Waals surface area contributed by atoms with Crippen LogP contribution in [0, 0.1) is 0 Å². The number of carbonyl (C=O) groups is 1. The van der Waals surface area contributed by atoms with Crippen LogP contribution in [0.25, 0.3) is 0 Å². The van der Waals surface area contributed by atoms with Gasteiger partial charge < -0.3 is 15.0 Å². The summed E-state index contributed by atoms with van der Waals surface area (Å²) < 4.78 is 42.9. The van der Waals surface area contributed by atoms with Gasteiger partial charge in [0.2, 0.25) is 0 Å². The number of piperidine rings is 1. The zero-order valence-corrected chi connectivity index (χ0v) is 12.3. The third kappa shape index (κ3) is 4.37. The number of likely N-dealkylation sites (tertiary alicyclic amines) is 1. The molecule has 122 valence electrons. The molecular formula is C15H19F3N2O2. The molecule has 0 saturated carbocycles. The Morgan fingerprint density at radius 1 is 1.27 bits per heavy atom. The van der Waals surface area contributed by atoms with E-state index in [4.69, 9.17) is 4.74 Å². The van der Waals surface area contributed by atoms with Crippen molar-refractivity contribution < 1.29 is 22.7 Å². The highest BCUT2D eigenvalue weighted by molar-refractivity contribution is 5.89. The first-order chi connectivity index (χ1) is 10.4. The number of rotatable bonds is 3. The number of ether oxygens (including phenoxy) is 1. The number of alkyl halides is 3. The molecule has 0 unspecified atom stereocenters. The highest BCUT2D eigenvalue weighted by Crippen LogP contribution is 2.29. The highest BCUT2D eigenvalue weighted by atomic mass is 19.4. The summed E-state index contributed by atoms with van der Waals surface area (Å²) in [7, 11) is 0. The molecule has 0 spiro atoms. The van der Waals surface area contributed by atoms with Crippen LogP contribution in [0.15, 0.2) is 24.3 Å². The van der Waals surface area contributed by atoms with Crippen molar-refractivity contribution in [2.75, 3.05) is 25.0 Å². The van der Waals surface area contributed by atoms with Crippen LogP contribution in [0.4, 0.5) is 23.7 Å². The van der Waals surface area contributed by atoms with Gasteiger partial charge in [-0.05, 0) is 44.0 Å². The lowest BCUT2D eigenvalue weighted by Gasteiger charge is -2.31. The monoisotopic (exact) mass is 316 g/mol. The van der Waals surface area contributed by atoms with Crippen molar-refractivity contribution >= 4 is 11.7 Å². The Hall–Kier alpha value is -1.76. The molecular weight excluding hydrogens is 297 g/mol. The molecule has 1 heterocycles. The predicted octanol–water partition coefficient (Wildman–Crippen LogP) is 3.74. The third-order valence-electron chi connectivity index (χ3n) is 3.60. The van der Waals surface area contributed by atoms with Gasteiger partial charge in [-0.2, -0.15) is 13.2 Å². The van der Waals surface area contributed by atoms with Crippen molar-refractivity contribution in [1.29, 1.82) is 0 Å². The van der Waals surface area contributed by atoms with Gasteiger partial charge in [-0.3, -0.25) is 0 Å². The first-order valence-electron chi connectivity index (χ1n) is 7.25. The van der Waals surface area contributed by atoms with Crippen LogP contribution < -0.4 is 5.32 Å². The number of nitrogens with one attached hydrogen (secondary N) is 1. The van der Waals surface area contributed by atoms with Crippen LogP contribution in [0.2, 0.25) is 0 Å². The minimum atomic E-state index is -4.37. The van der Waals surface area contributed by atoms with Crippen molar-refractivity contribution in [2.24, 2.45) is 0 Å². The lowest BCUT2D eigenvalue weighted by molar-refractivity contribution is -0.137. The third-order valence-corrected chi connectivity index (χ3v) is 3.60. The molecule has 4 nitrogen and oxygen atoms in total. The average molecular weight is 316 g/mol.